The Balaban J connectivity index is 2.20. The molecule has 21 heavy (non-hydrogen) atoms. The Morgan fingerprint density at radius 1 is 1.14 bits per heavy atom. The maximum absolute atomic E-state index is 4.39. The van der Waals surface area contributed by atoms with Crippen molar-refractivity contribution in [2.24, 2.45) is 4.99 Å². The minimum absolute atomic E-state index is 0.955. The first kappa shape index (κ1) is 15.2. The second kappa shape index (κ2) is 6.98. The quantitative estimate of drug-likeness (QED) is 0.765. The van der Waals surface area contributed by atoms with E-state index in [2.05, 4.69) is 55.0 Å². The van der Waals surface area contributed by atoms with Crippen LogP contribution in [0.3, 0.4) is 0 Å². The molecule has 108 valence electrons. The van der Waals surface area contributed by atoms with Gasteiger partial charge < -0.3 is 0 Å². The highest BCUT2D eigenvalue weighted by Gasteiger charge is 2.03. The van der Waals surface area contributed by atoms with Gasteiger partial charge in [-0.25, -0.2) is 0 Å². The van der Waals surface area contributed by atoms with Gasteiger partial charge in [0.15, 0.2) is 0 Å². The molecule has 0 N–H and O–H groups in total. The second-order valence-corrected chi connectivity index (χ2v) is 5.44. The molecule has 0 bridgehead atoms. The number of allylic oxidation sites excluding steroid dienone is 2. The van der Waals surface area contributed by atoms with Crippen LogP contribution >= 0.6 is 0 Å². The van der Waals surface area contributed by atoms with E-state index in [1.165, 1.54) is 22.3 Å². The summed E-state index contributed by atoms with van der Waals surface area (Å²) in [5.41, 5.74) is 7.44. The number of pyridine rings is 1. The highest BCUT2D eigenvalue weighted by molar-refractivity contribution is 6.08. The van der Waals surface area contributed by atoms with Crippen LogP contribution in [0.1, 0.15) is 29.2 Å². The number of benzene rings is 1. The van der Waals surface area contributed by atoms with Gasteiger partial charge in [-0.3, -0.25) is 9.98 Å². The zero-order valence-corrected chi connectivity index (χ0v) is 13.2. The molecular formula is C19H22N2. The molecule has 0 saturated heterocycles. The smallest absolute Gasteiger partial charge is 0.0643 e. The summed E-state index contributed by atoms with van der Waals surface area (Å²) in [4.78, 5) is 8.44. The molecule has 0 unspecified atom stereocenters. The van der Waals surface area contributed by atoms with Gasteiger partial charge in [0.25, 0.3) is 0 Å². The van der Waals surface area contributed by atoms with Crippen LogP contribution in [-0.2, 0) is 6.42 Å². The average Bonchev–Trinajstić information content (AvgIpc) is 2.48. The first-order valence-corrected chi connectivity index (χ1v) is 7.20. The summed E-state index contributed by atoms with van der Waals surface area (Å²) in [7, 11) is 1.83. The van der Waals surface area contributed by atoms with Crippen molar-refractivity contribution in [2.45, 2.75) is 27.2 Å². The van der Waals surface area contributed by atoms with Crippen molar-refractivity contribution in [1.82, 2.24) is 4.98 Å². The van der Waals surface area contributed by atoms with Crippen molar-refractivity contribution in [3.05, 3.63) is 76.6 Å². The van der Waals surface area contributed by atoms with Gasteiger partial charge in [-0.15, -0.1) is 0 Å². The Hall–Kier alpha value is -2.22. The van der Waals surface area contributed by atoms with E-state index < -0.39 is 0 Å². The third-order valence-electron chi connectivity index (χ3n) is 3.57. The average molecular weight is 278 g/mol. The maximum atomic E-state index is 4.39. The van der Waals surface area contributed by atoms with Gasteiger partial charge in [0.05, 0.1) is 5.71 Å². The fourth-order valence-corrected chi connectivity index (χ4v) is 2.43. The third-order valence-corrected chi connectivity index (χ3v) is 3.57. The zero-order chi connectivity index (χ0) is 15.2. The standard InChI is InChI=1S/C19H22N2/c1-14-5-6-18(16(3)11-14)12-15(2)13-19(20-4)17-7-9-21-10-8-17/h5-11,13H,12H2,1-4H3/b15-13+,20-19?. The van der Waals surface area contributed by atoms with Crippen LogP contribution in [0, 0.1) is 13.8 Å². The van der Waals surface area contributed by atoms with Crippen molar-refractivity contribution in [3.63, 3.8) is 0 Å². The molecule has 1 aromatic carbocycles. The number of aryl methyl sites for hydroxylation is 2. The molecule has 0 amide bonds. The Morgan fingerprint density at radius 3 is 2.48 bits per heavy atom. The molecule has 0 radical (unpaired) electrons. The molecule has 1 aromatic heterocycles. The molecule has 2 nitrogen and oxygen atoms in total. The van der Waals surface area contributed by atoms with Crippen molar-refractivity contribution in [2.75, 3.05) is 7.05 Å². The number of hydrogen-bond donors (Lipinski definition) is 0. The lowest BCUT2D eigenvalue weighted by atomic mass is 9.98. The minimum Gasteiger partial charge on any atom is -0.288 e. The molecule has 0 aliphatic carbocycles. The highest BCUT2D eigenvalue weighted by Crippen LogP contribution is 2.15. The Morgan fingerprint density at radius 2 is 1.86 bits per heavy atom. The molecule has 0 aliphatic heterocycles. The minimum atomic E-state index is 0.955. The molecule has 2 aromatic rings. The van der Waals surface area contributed by atoms with Gasteiger partial charge in [-0.2, -0.15) is 0 Å². The second-order valence-electron chi connectivity index (χ2n) is 5.44. The number of rotatable bonds is 4. The largest absolute Gasteiger partial charge is 0.288 e. The summed E-state index contributed by atoms with van der Waals surface area (Å²) >= 11 is 0. The lowest BCUT2D eigenvalue weighted by Crippen LogP contribution is -2.00. The molecule has 0 saturated carbocycles. The van der Waals surface area contributed by atoms with E-state index in [1.54, 1.807) is 12.4 Å². The van der Waals surface area contributed by atoms with Gasteiger partial charge in [-0.1, -0.05) is 29.3 Å². The number of aliphatic imine (C=N–C) groups is 1. The van der Waals surface area contributed by atoms with Crippen molar-refractivity contribution < 1.29 is 0 Å². The predicted octanol–water partition coefficient (Wildman–Crippen LogP) is 4.31. The SMILES string of the molecule is CN=C(/C=C(\C)Cc1ccc(C)cc1C)c1ccncc1. The van der Waals surface area contributed by atoms with Crippen LogP contribution in [0.4, 0.5) is 0 Å². The number of nitrogens with zero attached hydrogens (tertiary/aromatic N) is 2. The summed E-state index contributed by atoms with van der Waals surface area (Å²) in [6, 6.07) is 10.6. The van der Waals surface area contributed by atoms with Gasteiger partial charge in [0.2, 0.25) is 0 Å². The van der Waals surface area contributed by atoms with E-state index in [0.717, 1.165) is 17.7 Å². The summed E-state index contributed by atoms with van der Waals surface area (Å²) in [5.74, 6) is 0. The first-order chi connectivity index (χ1) is 10.1. The van der Waals surface area contributed by atoms with Crippen molar-refractivity contribution in [1.29, 1.82) is 0 Å². The van der Waals surface area contributed by atoms with Crippen LogP contribution in [0.2, 0.25) is 0 Å². The lowest BCUT2D eigenvalue weighted by molar-refractivity contribution is 1.11. The monoisotopic (exact) mass is 278 g/mol. The first-order valence-electron chi connectivity index (χ1n) is 7.20. The van der Waals surface area contributed by atoms with Gasteiger partial charge >= 0.3 is 0 Å². The fourth-order valence-electron chi connectivity index (χ4n) is 2.43. The Labute approximate surface area is 127 Å². The highest BCUT2D eigenvalue weighted by atomic mass is 14.7. The Kier molecular flexibility index (Phi) is 5.04. The molecule has 0 atom stereocenters. The van der Waals surface area contributed by atoms with Crippen LogP contribution in [-0.4, -0.2) is 17.7 Å². The molecule has 0 aliphatic rings. The van der Waals surface area contributed by atoms with Crippen molar-refractivity contribution >= 4 is 5.71 Å². The molecule has 0 fully saturated rings. The van der Waals surface area contributed by atoms with E-state index in [1.807, 2.05) is 19.2 Å². The summed E-state index contributed by atoms with van der Waals surface area (Å²) in [5, 5.41) is 0. The van der Waals surface area contributed by atoms with Crippen molar-refractivity contribution in [3.8, 4) is 0 Å². The van der Waals surface area contributed by atoms with Crippen LogP contribution < -0.4 is 0 Å². The zero-order valence-electron chi connectivity index (χ0n) is 13.2. The van der Waals surface area contributed by atoms with Crippen LogP contribution in [0.5, 0.6) is 0 Å². The van der Waals surface area contributed by atoms with Gasteiger partial charge in [0, 0.05) is 25.0 Å². The third kappa shape index (κ3) is 4.12. The fraction of sp³-hybridized carbons (Fsp3) is 0.263. The van der Waals surface area contributed by atoms with Gasteiger partial charge in [-0.05, 0) is 56.5 Å². The van der Waals surface area contributed by atoms with E-state index in [-0.39, 0.29) is 0 Å². The van der Waals surface area contributed by atoms with Gasteiger partial charge in [0.1, 0.15) is 0 Å². The molecule has 2 heteroatoms. The molecule has 1 heterocycles. The normalized spacial score (nSPS) is 12.6. The lowest BCUT2D eigenvalue weighted by Gasteiger charge is -2.08. The summed E-state index contributed by atoms with van der Waals surface area (Å²) in [6.07, 6.45) is 6.71. The van der Waals surface area contributed by atoms with E-state index >= 15 is 0 Å². The molecule has 0 spiro atoms. The number of aromatic nitrogens is 1. The predicted molar refractivity (Wildman–Crippen MR) is 90.1 cm³/mol. The van der Waals surface area contributed by atoms with E-state index in [0.29, 0.717) is 0 Å². The van der Waals surface area contributed by atoms with E-state index in [4.69, 9.17) is 0 Å². The number of hydrogen-bond acceptors (Lipinski definition) is 2. The molecule has 2 rings (SSSR count). The van der Waals surface area contributed by atoms with Crippen LogP contribution in [0.25, 0.3) is 0 Å². The summed E-state index contributed by atoms with van der Waals surface area (Å²) in [6.45, 7) is 6.46. The summed E-state index contributed by atoms with van der Waals surface area (Å²) < 4.78 is 0. The molecular weight excluding hydrogens is 256 g/mol. The Bertz CT molecular complexity index is 667. The topological polar surface area (TPSA) is 25.2 Å². The van der Waals surface area contributed by atoms with E-state index in [9.17, 15) is 0 Å². The maximum Gasteiger partial charge on any atom is 0.0643 e. The van der Waals surface area contributed by atoms with Crippen LogP contribution in [0.15, 0.2) is 59.4 Å².